The van der Waals surface area contributed by atoms with Crippen molar-refractivity contribution in [2.24, 2.45) is 5.73 Å². The Kier molecular flexibility index (Phi) is 4.64. The van der Waals surface area contributed by atoms with Gasteiger partial charge in [0, 0.05) is 37.2 Å². The first-order valence-electron chi connectivity index (χ1n) is 10.3. The first kappa shape index (κ1) is 19.0. The van der Waals surface area contributed by atoms with Crippen molar-refractivity contribution >= 4 is 17.7 Å². The van der Waals surface area contributed by atoms with Crippen LogP contribution < -0.4 is 16.4 Å². The monoisotopic (exact) mass is 404 g/mol. The van der Waals surface area contributed by atoms with Gasteiger partial charge in [-0.15, -0.1) is 0 Å². The molecule has 3 amide bonds. The van der Waals surface area contributed by atoms with Crippen LogP contribution in [-0.2, 0) is 29.1 Å². The minimum absolute atomic E-state index is 0.0414. The Labute approximate surface area is 174 Å². The molecule has 1 fully saturated rings. The van der Waals surface area contributed by atoms with E-state index in [9.17, 15) is 14.4 Å². The zero-order valence-corrected chi connectivity index (χ0v) is 16.6. The molecule has 3 atom stereocenters. The number of nitrogens with zero attached hydrogens (tertiary/aromatic N) is 1. The summed E-state index contributed by atoms with van der Waals surface area (Å²) in [7, 11) is 0. The van der Waals surface area contributed by atoms with Gasteiger partial charge < -0.3 is 16.0 Å². The molecule has 2 aromatic carbocycles. The SMILES string of the molecule is N[C@@H]1c2ccccc2C[C@H]1NCc1ccc2c(c1)C(=O)N(C1CCC(=O)NC1=O)C2. The van der Waals surface area contributed by atoms with Gasteiger partial charge in [0.2, 0.25) is 11.8 Å². The molecule has 0 saturated carbocycles. The van der Waals surface area contributed by atoms with Gasteiger partial charge in [-0.3, -0.25) is 19.7 Å². The number of carbonyl (C=O) groups is 3. The van der Waals surface area contributed by atoms with Crippen LogP contribution in [0.2, 0.25) is 0 Å². The highest BCUT2D eigenvalue weighted by Gasteiger charge is 2.39. The summed E-state index contributed by atoms with van der Waals surface area (Å²) in [5.74, 6) is -0.809. The molecule has 5 rings (SSSR count). The van der Waals surface area contributed by atoms with Crippen molar-refractivity contribution in [1.29, 1.82) is 0 Å². The van der Waals surface area contributed by atoms with Crippen LogP contribution in [0.5, 0.6) is 0 Å². The summed E-state index contributed by atoms with van der Waals surface area (Å²) in [5.41, 5.74) is 11.4. The molecule has 2 aromatic rings. The van der Waals surface area contributed by atoms with E-state index >= 15 is 0 Å². The van der Waals surface area contributed by atoms with Crippen molar-refractivity contribution in [1.82, 2.24) is 15.5 Å². The number of fused-ring (bicyclic) bond motifs is 2. The van der Waals surface area contributed by atoms with Gasteiger partial charge in [-0.1, -0.05) is 36.4 Å². The second kappa shape index (κ2) is 7.34. The zero-order valence-electron chi connectivity index (χ0n) is 16.6. The fraction of sp³-hybridized carbons (Fsp3) is 0.348. The third-order valence-corrected chi connectivity index (χ3v) is 6.45. The molecule has 2 heterocycles. The maximum absolute atomic E-state index is 13.0. The number of imide groups is 1. The van der Waals surface area contributed by atoms with Gasteiger partial charge in [0.05, 0.1) is 0 Å². The van der Waals surface area contributed by atoms with Crippen molar-refractivity contribution < 1.29 is 14.4 Å². The quantitative estimate of drug-likeness (QED) is 0.664. The molecule has 0 aromatic heterocycles. The van der Waals surface area contributed by atoms with E-state index < -0.39 is 6.04 Å². The summed E-state index contributed by atoms with van der Waals surface area (Å²) in [4.78, 5) is 38.1. The number of nitrogens with one attached hydrogen (secondary N) is 2. The first-order chi connectivity index (χ1) is 14.5. The van der Waals surface area contributed by atoms with Crippen molar-refractivity contribution in [3.63, 3.8) is 0 Å². The molecular formula is C23H24N4O3. The Morgan fingerprint density at radius 3 is 2.73 bits per heavy atom. The highest BCUT2D eigenvalue weighted by molar-refractivity contribution is 6.05. The number of carbonyl (C=O) groups excluding carboxylic acids is 3. The average Bonchev–Trinajstić information content (AvgIpc) is 3.24. The normalized spacial score (nSPS) is 25.3. The molecular weight excluding hydrogens is 380 g/mol. The zero-order chi connectivity index (χ0) is 20.8. The third-order valence-electron chi connectivity index (χ3n) is 6.45. The molecule has 0 bridgehead atoms. The molecule has 1 saturated heterocycles. The molecule has 1 aliphatic carbocycles. The van der Waals surface area contributed by atoms with Crippen LogP contribution in [0.4, 0.5) is 0 Å². The van der Waals surface area contributed by atoms with Gasteiger partial charge in [0.1, 0.15) is 6.04 Å². The Bertz CT molecular complexity index is 1050. The molecule has 2 aliphatic heterocycles. The molecule has 154 valence electrons. The van der Waals surface area contributed by atoms with Gasteiger partial charge in [-0.25, -0.2) is 0 Å². The minimum Gasteiger partial charge on any atom is -0.323 e. The first-order valence-corrected chi connectivity index (χ1v) is 10.3. The minimum atomic E-state index is -0.584. The predicted molar refractivity (Wildman–Crippen MR) is 110 cm³/mol. The summed E-state index contributed by atoms with van der Waals surface area (Å²) in [6.07, 6.45) is 1.53. The van der Waals surface area contributed by atoms with Crippen LogP contribution in [-0.4, -0.2) is 34.7 Å². The maximum Gasteiger partial charge on any atom is 0.255 e. The summed E-state index contributed by atoms with van der Waals surface area (Å²) >= 11 is 0. The van der Waals surface area contributed by atoms with Gasteiger partial charge in [0.25, 0.3) is 5.91 Å². The summed E-state index contributed by atoms with van der Waals surface area (Å²) in [5, 5.41) is 5.87. The Hall–Kier alpha value is -3.03. The van der Waals surface area contributed by atoms with Crippen molar-refractivity contribution in [2.75, 3.05) is 0 Å². The second-order valence-electron chi connectivity index (χ2n) is 8.31. The highest BCUT2D eigenvalue weighted by atomic mass is 16.2. The molecule has 1 unspecified atom stereocenters. The number of piperidine rings is 1. The second-order valence-corrected chi connectivity index (χ2v) is 8.31. The van der Waals surface area contributed by atoms with Crippen LogP contribution >= 0.6 is 0 Å². The van der Waals surface area contributed by atoms with Crippen molar-refractivity contribution in [3.8, 4) is 0 Å². The molecule has 0 spiro atoms. The van der Waals surface area contributed by atoms with E-state index in [1.807, 2.05) is 30.3 Å². The van der Waals surface area contributed by atoms with E-state index in [1.165, 1.54) is 11.1 Å². The summed E-state index contributed by atoms with van der Waals surface area (Å²) in [6, 6.07) is 13.7. The fourth-order valence-electron chi connectivity index (χ4n) is 4.79. The number of hydrogen-bond donors (Lipinski definition) is 3. The fourth-order valence-corrected chi connectivity index (χ4v) is 4.79. The summed E-state index contributed by atoms with van der Waals surface area (Å²) in [6.45, 7) is 1.02. The van der Waals surface area contributed by atoms with Crippen molar-refractivity contribution in [2.45, 2.75) is 50.5 Å². The van der Waals surface area contributed by atoms with E-state index in [4.69, 9.17) is 5.73 Å². The molecule has 7 heteroatoms. The van der Waals surface area contributed by atoms with Gasteiger partial charge in [-0.2, -0.15) is 0 Å². The van der Waals surface area contributed by atoms with E-state index in [0.29, 0.717) is 25.1 Å². The smallest absolute Gasteiger partial charge is 0.255 e. The van der Waals surface area contributed by atoms with Crippen LogP contribution in [0.15, 0.2) is 42.5 Å². The molecule has 7 nitrogen and oxygen atoms in total. The number of rotatable bonds is 4. The van der Waals surface area contributed by atoms with Gasteiger partial charge in [0.15, 0.2) is 0 Å². The van der Waals surface area contributed by atoms with Crippen molar-refractivity contribution in [3.05, 3.63) is 70.3 Å². The lowest BCUT2D eigenvalue weighted by Crippen LogP contribution is -2.52. The van der Waals surface area contributed by atoms with E-state index in [0.717, 1.165) is 17.5 Å². The standard InChI is InChI=1S/C23H24N4O3/c24-21-16-4-2-1-3-14(16)10-18(21)25-11-13-5-6-15-12-27(23(30)17(15)9-13)19-7-8-20(28)26-22(19)29/h1-6,9,18-19,21,25H,7-8,10-12,24H2,(H,26,28,29)/t18-,19?,21-/m1/s1. The van der Waals surface area contributed by atoms with E-state index in [2.05, 4.69) is 22.8 Å². The van der Waals surface area contributed by atoms with Crippen LogP contribution in [0.3, 0.4) is 0 Å². The van der Waals surface area contributed by atoms with Gasteiger partial charge in [-0.05, 0) is 41.2 Å². The number of nitrogens with two attached hydrogens (primary N) is 1. The lowest BCUT2D eigenvalue weighted by molar-refractivity contribution is -0.136. The third kappa shape index (κ3) is 3.20. The molecule has 0 radical (unpaired) electrons. The largest absolute Gasteiger partial charge is 0.323 e. The highest BCUT2D eigenvalue weighted by Crippen LogP contribution is 2.31. The van der Waals surface area contributed by atoms with E-state index in [1.54, 1.807) is 4.90 Å². The Morgan fingerprint density at radius 2 is 1.93 bits per heavy atom. The average molecular weight is 404 g/mol. The topological polar surface area (TPSA) is 105 Å². The lowest BCUT2D eigenvalue weighted by Gasteiger charge is -2.29. The molecule has 30 heavy (non-hydrogen) atoms. The summed E-state index contributed by atoms with van der Waals surface area (Å²) < 4.78 is 0. The van der Waals surface area contributed by atoms with E-state index in [-0.39, 0.29) is 36.2 Å². The Balaban J connectivity index is 1.27. The van der Waals surface area contributed by atoms with Crippen LogP contribution in [0, 0.1) is 0 Å². The Morgan fingerprint density at radius 1 is 1.10 bits per heavy atom. The lowest BCUT2D eigenvalue weighted by atomic mass is 10.0. The maximum atomic E-state index is 13.0. The number of benzene rings is 2. The number of hydrogen-bond acceptors (Lipinski definition) is 5. The van der Waals surface area contributed by atoms with Crippen LogP contribution in [0.1, 0.15) is 51.5 Å². The molecule has 3 aliphatic rings. The molecule has 4 N–H and O–H groups in total. The van der Waals surface area contributed by atoms with Gasteiger partial charge >= 0.3 is 0 Å². The predicted octanol–water partition coefficient (Wildman–Crippen LogP) is 1.16. The van der Waals surface area contributed by atoms with Crippen LogP contribution in [0.25, 0.3) is 0 Å². The number of amides is 3.